The van der Waals surface area contributed by atoms with Crippen molar-refractivity contribution in [1.29, 1.82) is 0 Å². The number of likely N-dealkylation sites (N-methyl/N-ethyl adjacent to an activating group) is 1. The molecule has 0 unspecified atom stereocenters. The molecule has 2 aromatic rings. The SMILES string of the molecule is CCN(C(=O)COC(=O)/C=C/c1nc2ccccc2o1)[C@H]1CCS(=O)(=O)C1. The Morgan fingerprint density at radius 2 is 2.15 bits per heavy atom. The third kappa shape index (κ3) is 4.73. The molecule has 0 radical (unpaired) electrons. The third-order valence-corrected chi connectivity index (χ3v) is 6.07. The van der Waals surface area contributed by atoms with Crippen LogP contribution in [0.2, 0.25) is 0 Å². The van der Waals surface area contributed by atoms with Crippen molar-refractivity contribution in [3.8, 4) is 0 Å². The van der Waals surface area contributed by atoms with Crippen LogP contribution < -0.4 is 0 Å². The Labute approximate surface area is 156 Å². The highest BCUT2D eigenvalue weighted by Gasteiger charge is 2.34. The van der Waals surface area contributed by atoms with E-state index in [0.717, 1.165) is 6.08 Å². The molecule has 144 valence electrons. The second kappa shape index (κ2) is 7.91. The number of para-hydroxylation sites is 2. The lowest BCUT2D eigenvalue weighted by atomic mass is 10.2. The number of sulfone groups is 1. The molecule has 1 aliphatic rings. The van der Waals surface area contributed by atoms with Gasteiger partial charge in [0.1, 0.15) is 5.52 Å². The van der Waals surface area contributed by atoms with Crippen LogP contribution in [0.25, 0.3) is 17.2 Å². The second-order valence-electron chi connectivity index (χ2n) is 6.20. The molecule has 1 saturated heterocycles. The highest BCUT2D eigenvalue weighted by molar-refractivity contribution is 7.91. The number of hydrogen-bond donors (Lipinski definition) is 0. The highest BCUT2D eigenvalue weighted by Crippen LogP contribution is 2.18. The maximum absolute atomic E-state index is 12.3. The first-order valence-electron chi connectivity index (χ1n) is 8.58. The molecular weight excluding hydrogens is 372 g/mol. The summed E-state index contributed by atoms with van der Waals surface area (Å²) in [5.41, 5.74) is 1.27. The van der Waals surface area contributed by atoms with Gasteiger partial charge in [-0.25, -0.2) is 18.2 Å². The van der Waals surface area contributed by atoms with Crippen molar-refractivity contribution in [3.05, 3.63) is 36.2 Å². The van der Waals surface area contributed by atoms with Crippen LogP contribution in [0.5, 0.6) is 0 Å². The maximum Gasteiger partial charge on any atom is 0.331 e. The lowest BCUT2D eigenvalue weighted by Crippen LogP contribution is -2.43. The van der Waals surface area contributed by atoms with Gasteiger partial charge in [0.25, 0.3) is 5.91 Å². The number of amides is 1. The minimum absolute atomic E-state index is 0.0435. The number of carbonyl (C=O) groups excluding carboxylic acids is 2. The van der Waals surface area contributed by atoms with Crippen LogP contribution in [0.4, 0.5) is 0 Å². The van der Waals surface area contributed by atoms with E-state index in [1.807, 2.05) is 12.1 Å². The lowest BCUT2D eigenvalue weighted by Gasteiger charge is -2.26. The molecular formula is C18H20N2O6S. The first kappa shape index (κ1) is 19.1. The zero-order valence-corrected chi connectivity index (χ0v) is 15.6. The summed E-state index contributed by atoms with van der Waals surface area (Å²) in [6, 6.07) is 6.83. The van der Waals surface area contributed by atoms with Crippen LogP contribution in [0, 0.1) is 0 Å². The fourth-order valence-corrected chi connectivity index (χ4v) is 4.75. The van der Waals surface area contributed by atoms with Crippen molar-refractivity contribution in [2.75, 3.05) is 24.7 Å². The van der Waals surface area contributed by atoms with E-state index in [9.17, 15) is 18.0 Å². The summed E-state index contributed by atoms with van der Waals surface area (Å²) < 4.78 is 33.6. The maximum atomic E-state index is 12.3. The van der Waals surface area contributed by atoms with Gasteiger partial charge in [-0.3, -0.25) is 4.79 Å². The third-order valence-electron chi connectivity index (χ3n) is 4.32. The number of esters is 1. The number of fused-ring (bicyclic) bond motifs is 1. The van der Waals surface area contributed by atoms with Crippen molar-refractivity contribution in [1.82, 2.24) is 9.88 Å². The number of ether oxygens (including phenoxy) is 1. The quantitative estimate of drug-likeness (QED) is 0.540. The van der Waals surface area contributed by atoms with E-state index < -0.39 is 28.3 Å². The van der Waals surface area contributed by atoms with Crippen molar-refractivity contribution < 1.29 is 27.2 Å². The predicted molar refractivity (Wildman–Crippen MR) is 98.4 cm³/mol. The first-order valence-corrected chi connectivity index (χ1v) is 10.4. The van der Waals surface area contributed by atoms with Crippen molar-refractivity contribution in [2.24, 2.45) is 0 Å². The molecule has 2 heterocycles. The Morgan fingerprint density at radius 3 is 2.81 bits per heavy atom. The van der Waals surface area contributed by atoms with Gasteiger partial charge in [-0.2, -0.15) is 0 Å². The fourth-order valence-electron chi connectivity index (χ4n) is 3.02. The van der Waals surface area contributed by atoms with E-state index in [2.05, 4.69) is 4.98 Å². The van der Waals surface area contributed by atoms with E-state index >= 15 is 0 Å². The van der Waals surface area contributed by atoms with Crippen LogP contribution >= 0.6 is 0 Å². The van der Waals surface area contributed by atoms with Gasteiger partial charge in [0.05, 0.1) is 11.5 Å². The molecule has 1 amide bonds. The predicted octanol–water partition coefficient (Wildman–Crippen LogP) is 1.42. The average Bonchev–Trinajstić information content (AvgIpc) is 3.21. The van der Waals surface area contributed by atoms with E-state index in [1.165, 1.54) is 11.0 Å². The Kier molecular flexibility index (Phi) is 5.59. The number of hydrogen-bond acceptors (Lipinski definition) is 7. The Hall–Kier alpha value is -2.68. The van der Waals surface area contributed by atoms with Crippen LogP contribution in [0.15, 0.2) is 34.8 Å². The van der Waals surface area contributed by atoms with Gasteiger partial charge >= 0.3 is 5.97 Å². The summed E-state index contributed by atoms with van der Waals surface area (Å²) in [5.74, 6) is -0.832. The van der Waals surface area contributed by atoms with Crippen molar-refractivity contribution in [3.63, 3.8) is 0 Å². The van der Waals surface area contributed by atoms with Crippen molar-refractivity contribution in [2.45, 2.75) is 19.4 Å². The summed E-state index contributed by atoms with van der Waals surface area (Å²) in [6.07, 6.45) is 2.91. The minimum atomic E-state index is -3.10. The largest absolute Gasteiger partial charge is 0.452 e. The number of rotatable bonds is 6. The zero-order valence-electron chi connectivity index (χ0n) is 14.8. The highest BCUT2D eigenvalue weighted by atomic mass is 32.2. The molecule has 1 atom stereocenters. The van der Waals surface area contributed by atoms with Crippen LogP contribution in [-0.2, 0) is 24.2 Å². The molecule has 1 aliphatic heterocycles. The summed E-state index contributed by atoms with van der Waals surface area (Å²) in [5, 5.41) is 0. The molecule has 1 aromatic heterocycles. The summed E-state index contributed by atoms with van der Waals surface area (Å²) in [7, 11) is -3.10. The smallest absolute Gasteiger partial charge is 0.331 e. The Balaban J connectivity index is 1.53. The molecule has 0 saturated carbocycles. The van der Waals surface area contributed by atoms with Gasteiger partial charge in [-0.15, -0.1) is 0 Å². The Morgan fingerprint density at radius 1 is 1.37 bits per heavy atom. The average molecular weight is 392 g/mol. The molecule has 0 N–H and O–H groups in total. The van der Waals surface area contributed by atoms with E-state index in [1.54, 1.807) is 19.1 Å². The molecule has 0 spiro atoms. The monoisotopic (exact) mass is 392 g/mol. The number of nitrogens with zero attached hydrogens (tertiary/aromatic N) is 2. The van der Waals surface area contributed by atoms with E-state index in [0.29, 0.717) is 24.1 Å². The minimum Gasteiger partial charge on any atom is -0.452 e. The molecule has 0 bridgehead atoms. The van der Waals surface area contributed by atoms with Gasteiger partial charge in [0, 0.05) is 24.7 Å². The molecule has 8 nitrogen and oxygen atoms in total. The van der Waals surface area contributed by atoms with Crippen molar-refractivity contribution >= 4 is 38.9 Å². The van der Waals surface area contributed by atoms with Gasteiger partial charge in [0.15, 0.2) is 22.0 Å². The van der Waals surface area contributed by atoms with E-state index in [4.69, 9.17) is 9.15 Å². The zero-order chi connectivity index (χ0) is 19.4. The van der Waals surface area contributed by atoms with Gasteiger partial charge < -0.3 is 14.1 Å². The summed E-state index contributed by atoms with van der Waals surface area (Å²) >= 11 is 0. The van der Waals surface area contributed by atoms with E-state index in [-0.39, 0.29) is 23.4 Å². The number of aromatic nitrogens is 1. The number of oxazole rings is 1. The number of benzene rings is 1. The summed E-state index contributed by atoms with van der Waals surface area (Å²) in [6.45, 7) is 1.67. The standard InChI is InChI=1S/C18H20N2O6S/c1-2-20(13-9-10-27(23,24)12-13)17(21)11-25-18(22)8-7-16-19-14-5-3-4-6-15(14)26-16/h3-8,13H,2,9-12H2,1H3/b8-7+/t13-/m0/s1. The molecule has 3 rings (SSSR count). The first-order chi connectivity index (χ1) is 12.9. The Bertz CT molecular complexity index is 946. The van der Waals surface area contributed by atoms with Crippen LogP contribution in [-0.4, -0.2) is 60.9 Å². The van der Waals surface area contributed by atoms with Crippen LogP contribution in [0.1, 0.15) is 19.2 Å². The van der Waals surface area contributed by atoms with Gasteiger partial charge in [-0.1, -0.05) is 12.1 Å². The fraction of sp³-hybridized carbons (Fsp3) is 0.389. The molecule has 1 aromatic carbocycles. The summed E-state index contributed by atoms with van der Waals surface area (Å²) in [4.78, 5) is 29.7. The second-order valence-corrected chi connectivity index (χ2v) is 8.43. The van der Waals surface area contributed by atoms with Gasteiger partial charge in [-0.05, 0) is 25.5 Å². The van der Waals surface area contributed by atoms with Crippen LogP contribution in [0.3, 0.4) is 0 Å². The lowest BCUT2D eigenvalue weighted by molar-refractivity contribution is -0.149. The number of carbonyl (C=O) groups is 2. The topological polar surface area (TPSA) is 107 Å². The molecule has 1 fully saturated rings. The molecule has 9 heteroatoms. The normalized spacial score (nSPS) is 18.8. The van der Waals surface area contributed by atoms with Gasteiger partial charge in [0.2, 0.25) is 5.89 Å². The molecule has 27 heavy (non-hydrogen) atoms. The molecule has 0 aliphatic carbocycles.